The van der Waals surface area contributed by atoms with Gasteiger partial charge in [0, 0.05) is 6.42 Å². The largest absolute Gasteiger partial charge is 0.504 e. The van der Waals surface area contributed by atoms with Crippen molar-refractivity contribution < 1.29 is 19.4 Å². The van der Waals surface area contributed by atoms with Crippen LogP contribution in [0.25, 0.3) is 6.08 Å². The molecule has 0 aliphatic rings. The zero-order valence-electron chi connectivity index (χ0n) is 16.1. The monoisotopic (exact) mass is 361 g/mol. The highest BCUT2D eigenvalue weighted by Crippen LogP contribution is 2.26. The van der Waals surface area contributed by atoms with Crippen LogP contribution in [0.2, 0.25) is 0 Å². The summed E-state index contributed by atoms with van der Waals surface area (Å²) in [5.41, 5.74) is 0.733. The first-order chi connectivity index (χ1) is 12.5. The molecular formula is C21H31NO4. The average molecular weight is 361 g/mol. The topological polar surface area (TPSA) is 75.6 Å². The van der Waals surface area contributed by atoms with E-state index in [1.807, 2.05) is 7.05 Å². The zero-order chi connectivity index (χ0) is 19.4. The predicted octanol–water partition coefficient (Wildman–Crippen LogP) is 3.75. The average Bonchev–Trinajstić information content (AvgIpc) is 2.61. The third kappa shape index (κ3) is 8.81. The summed E-state index contributed by atoms with van der Waals surface area (Å²) < 4.78 is 5.02. The summed E-state index contributed by atoms with van der Waals surface area (Å²) in [6, 6.07) is 4.82. The van der Waals surface area contributed by atoms with Gasteiger partial charge in [0.2, 0.25) is 0 Å². The summed E-state index contributed by atoms with van der Waals surface area (Å²) in [4.78, 5) is 23.8. The van der Waals surface area contributed by atoms with Crippen molar-refractivity contribution >= 4 is 17.6 Å². The maximum atomic E-state index is 11.9. The predicted molar refractivity (Wildman–Crippen MR) is 104 cm³/mol. The molecule has 0 fully saturated rings. The third-order valence-electron chi connectivity index (χ3n) is 4.24. The SMILES string of the molecule is CNC[C@H](C)CCCCCC(=O)CC(=O)C=Cc1ccc(O)c(OC)c1. The van der Waals surface area contributed by atoms with Crippen LogP contribution in [-0.4, -0.2) is 37.4 Å². The number of ether oxygens (including phenoxy) is 1. The van der Waals surface area contributed by atoms with Crippen LogP contribution in [0, 0.1) is 5.92 Å². The molecule has 0 spiro atoms. The molecule has 26 heavy (non-hydrogen) atoms. The number of Topliss-reactive ketones (excluding diaryl/α,β-unsaturated/α-hetero) is 1. The van der Waals surface area contributed by atoms with Crippen LogP contribution in [0.1, 0.15) is 51.0 Å². The molecule has 0 aliphatic carbocycles. The lowest BCUT2D eigenvalue weighted by Gasteiger charge is -2.09. The van der Waals surface area contributed by atoms with Crippen molar-refractivity contribution in [3.63, 3.8) is 0 Å². The fourth-order valence-electron chi connectivity index (χ4n) is 2.77. The first-order valence-electron chi connectivity index (χ1n) is 9.20. The molecule has 1 aromatic carbocycles. The maximum absolute atomic E-state index is 11.9. The van der Waals surface area contributed by atoms with Crippen molar-refractivity contribution in [2.45, 2.75) is 45.4 Å². The van der Waals surface area contributed by atoms with Crippen molar-refractivity contribution in [1.29, 1.82) is 0 Å². The van der Waals surface area contributed by atoms with Gasteiger partial charge in [0.15, 0.2) is 17.3 Å². The van der Waals surface area contributed by atoms with E-state index in [1.165, 1.54) is 19.3 Å². The van der Waals surface area contributed by atoms with E-state index in [1.54, 1.807) is 18.2 Å². The van der Waals surface area contributed by atoms with Crippen LogP contribution in [0.3, 0.4) is 0 Å². The van der Waals surface area contributed by atoms with E-state index >= 15 is 0 Å². The Bertz CT molecular complexity index is 610. The van der Waals surface area contributed by atoms with E-state index in [4.69, 9.17) is 4.74 Å². The van der Waals surface area contributed by atoms with Crippen LogP contribution in [0.15, 0.2) is 24.3 Å². The summed E-state index contributed by atoms with van der Waals surface area (Å²) >= 11 is 0. The van der Waals surface area contributed by atoms with Gasteiger partial charge in [-0.3, -0.25) is 9.59 Å². The number of carbonyl (C=O) groups is 2. The molecule has 144 valence electrons. The van der Waals surface area contributed by atoms with Crippen molar-refractivity contribution in [3.8, 4) is 11.5 Å². The Hall–Kier alpha value is -2.14. The molecule has 0 saturated heterocycles. The maximum Gasteiger partial charge on any atom is 0.163 e. The summed E-state index contributed by atoms with van der Waals surface area (Å²) in [7, 11) is 3.42. The molecule has 1 aromatic rings. The lowest BCUT2D eigenvalue weighted by atomic mass is 10.0. The Morgan fingerprint density at radius 3 is 2.73 bits per heavy atom. The van der Waals surface area contributed by atoms with Crippen molar-refractivity contribution in [1.82, 2.24) is 5.32 Å². The minimum Gasteiger partial charge on any atom is -0.504 e. The molecular weight excluding hydrogens is 330 g/mol. The number of hydrogen-bond donors (Lipinski definition) is 2. The van der Waals surface area contributed by atoms with E-state index in [0.717, 1.165) is 37.8 Å². The van der Waals surface area contributed by atoms with Crippen molar-refractivity contribution in [2.24, 2.45) is 5.92 Å². The minimum absolute atomic E-state index is 0.00814. The van der Waals surface area contributed by atoms with Crippen LogP contribution >= 0.6 is 0 Å². The lowest BCUT2D eigenvalue weighted by molar-refractivity contribution is -0.124. The lowest BCUT2D eigenvalue weighted by Crippen LogP contribution is -2.15. The summed E-state index contributed by atoms with van der Waals surface area (Å²) in [5, 5.41) is 12.7. The number of ketones is 2. The van der Waals surface area contributed by atoms with Gasteiger partial charge in [0.05, 0.1) is 13.5 Å². The fraction of sp³-hybridized carbons (Fsp3) is 0.524. The quantitative estimate of drug-likeness (QED) is 0.318. The van der Waals surface area contributed by atoms with Gasteiger partial charge in [-0.15, -0.1) is 0 Å². The highest BCUT2D eigenvalue weighted by molar-refractivity contribution is 6.06. The van der Waals surface area contributed by atoms with Gasteiger partial charge in [-0.2, -0.15) is 0 Å². The van der Waals surface area contributed by atoms with Gasteiger partial charge in [-0.25, -0.2) is 0 Å². The first kappa shape index (κ1) is 21.9. The number of nitrogens with one attached hydrogen (secondary N) is 1. The fourth-order valence-corrected chi connectivity index (χ4v) is 2.77. The van der Waals surface area contributed by atoms with Gasteiger partial charge in [0.25, 0.3) is 0 Å². The number of benzene rings is 1. The van der Waals surface area contributed by atoms with E-state index in [-0.39, 0.29) is 23.7 Å². The number of phenolic OH excluding ortho intramolecular Hbond substituents is 1. The van der Waals surface area contributed by atoms with Crippen LogP contribution in [0.4, 0.5) is 0 Å². The van der Waals surface area contributed by atoms with Crippen LogP contribution in [0.5, 0.6) is 11.5 Å². The highest BCUT2D eigenvalue weighted by Gasteiger charge is 2.08. The van der Waals surface area contributed by atoms with E-state index < -0.39 is 0 Å². The van der Waals surface area contributed by atoms with Crippen molar-refractivity contribution in [2.75, 3.05) is 20.7 Å². The summed E-state index contributed by atoms with van der Waals surface area (Å²) in [5.74, 6) is 0.836. The second-order valence-electron chi connectivity index (χ2n) is 6.71. The van der Waals surface area contributed by atoms with Crippen LogP contribution < -0.4 is 10.1 Å². The Labute approximate surface area is 156 Å². The van der Waals surface area contributed by atoms with Gasteiger partial charge >= 0.3 is 0 Å². The number of unbranched alkanes of at least 4 members (excludes halogenated alkanes) is 2. The number of carbonyl (C=O) groups excluding carboxylic acids is 2. The molecule has 1 atom stereocenters. The molecule has 0 aromatic heterocycles. The molecule has 0 aliphatic heterocycles. The number of allylic oxidation sites excluding steroid dienone is 1. The summed E-state index contributed by atoms with van der Waals surface area (Å²) in [6.07, 6.45) is 7.59. The Balaban J connectivity index is 2.29. The van der Waals surface area contributed by atoms with E-state index in [0.29, 0.717) is 18.1 Å². The number of hydrogen-bond acceptors (Lipinski definition) is 5. The molecule has 0 bridgehead atoms. The normalized spacial score (nSPS) is 12.3. The molecule has 5 nitrogen and oxygen atoms in total. The van der Waals surface area contributed by atoms with E-state index in [9.17, 15) is 14.7 Å². The van der Waals surface area contributed by atoms with Gasteiger partial charge in [-0.05, 0) is 56.1 Å². The van der Waals surface area contributed by atoms with Crippen molar-refractivity contribution in [3.05, 3.63) is 29.8 Å². The Morgan fingerprint density at radius 2 is 2.04 bits per heavy atom. The summed E-state index contributed by atoms with van der Waals surface area (Å²) in [6.45, 7) is 3.24. The molecule has 1 rings (SSSR count). The molecule has 0 saturated carbocycles. The van der Waals surface area contributed by atoms with Gasteiger partial charge in [-0.1, -0.05) is 31.9 Å². The second kappa shape index (κ2) is 12.3. The smallest absolute Gasteiger partial charge is 0.163 e. The molecule has 5 heteroatoms. The number of rotatable bonds is 13. The Kier molecular flexibility index (Phi) is 10.3. The van der Waals surface area contributed by atoms with Gasteiger partial charge in [0.1, 0.15) is 5.78 Å². The van der Waals surface area contributed by atoms with E-state index in [2.05, 4.69) is 12.2 Å². The zero-order valence-corrected chi connectivity index (χ0v) is 16.1. The molecule has 0 radical (unpaired) electrons. The number of phenols is 1. The van der Waals surface area contributed by atoms with Crippen LogP contribution in [-0.2, 0) is 9.59 Å². The number of methoxy groups -OCH3 is 1. The molecule has 0 heterocycles. The number of aromatic hydroxyl groups is 1. The van der Waals surface area contributed by atoms with Gasteiger partial charge < -0.3 is 15.2 Å². The Morgan fingerprint density at radius 1 is 1.27 bits per heavy atom. The molecule has 0 unspecified atom stereocenters. The molecule has 2 N–H and O–H groups in total. The second-order valence-corrected chi connectivity index (χ2v) is 6.71. The third-order valence-corrected chi connectivity index (χ3v) is 4.24. The highest BCUT2D eigenvalue weighted by atomic mass is 16.5. The first-order valence-corrected chi connectivity index (χ1v) is 9.20. The molecule has 0 amide bonds. The minimum atomic E-state index is -0.204. The standard InChI is InChI=1S/C21H31NO4/c1-16(15-22-2)7-5-4-6-8-18(23)14-19(24)11-9-17-10-12-20(25)21(13-17)26-3/h9-13,16,22,25H,4-8,14-15H2,1-3H3/t16-/m1/s1.